The molecular formula is C12H15NO4. The van der Waals surface area contributed by atoms with Gasteiger partial charge in [-0.05, 0) is 29.7 Å². The highest BCUT2D eigenvalue weighted by molar-refractivity contribution is 5.68. The van der Waals surface area contributed by atoms with E-state index in [1.807, 2.05) is 13.0 Å². The zero-order chi connectivity index (χ0) is 12.4. The summed E-state index contributed by atoms with van der Waals surface area (Å²) in [6, 6.07) is 3.14. The molecule has 1 heterocycles. The molecule has 0 saturated carbocycles. The van der Waals surface area contributed by atoms with Crippen molar-refractivity contribution in [1.82, 2.24) is 0 Å². The maximum Gasteiger partial charge on any atom is 0.305 e. The lowest BCUT2D eigenvalue weighted by atomic mass is 9.96. The van der Waals surface area contributed by atoms with Gasteiger partial charge in [0.15, 0.2) is 11.5 Å². The molecule has 0 amide bonds. The summed E-state index contributed by atoms with van der Waals surface area (Å²) in [7, 11) is 0. The van der Waals surface area contributed by atoms with Gasteiger partial charge in [-0.3, -0.25) is 4.79 Å². The second kappa shape index (κ2) is 4.63. The van der Waals surface area contributed by atoms with Crippen LogP contribution in [-0.4, -0.2) is 17.9 Å². The van der Waals surface area contributed by atoms with Crippen LogP contribution >= 0.6 is 0 Å². The van der Waals surface area contributed by atoms with Gasteiger partial charge in [0, 0.05) is 6.04 Å². The predicted octanol–water partition coefficient (Wildman–Crippen LogP) is 1.45. The molecule has 1 aromatic rings. The van der Waals surface area contributed by atoms with E-state index in [4.69, 9.17) is 20.3 Å². The Labute approximate surface area is 99.1 Å². The zero-order valence-electron chi connectivity index (χ0n) is 9.60. The largest absolute Gasteiger partial charge is 0.481 e. The Morgan fingerprint density at radius 3 is 2.71 bits per heavy atom. The van der Waals surface area contributed by atoms with Crippen molar-refractivity contribution in [1.29, 1.82) is 0 Å². The highest BCUT2D eigenvalue weighted by atomic mass is 16.7. The Morgan fingerprint density at radius 1 is 1.47 bits per heavy atom. The summed E-state index contributed by atoms with van der Waals surface area (Å²) < 4.78 is 10.5. The molecule has 0 spiro atoms. The summed E-state index contributed by atoms with van der Waals surface area (Å²) in [6.45, 7) is 2.20. The molecule has 1 unspecified atom stereocenters. The molecule has 5 nitrogen and oxygen atoms in total. The average Bonchev–Trinajstić information content (AvgIpc) is 2.73. The molecule has 0 saturated heterocycles. The third-order valence-corrected chi connectivity index (χ3v) is 2.81. The van der Waals surface area contributed by atoms with Gasteiger partial charge in [-0.25, -0.2) is 0 Å². The van der Waals surface area contributed by atoms with Gasteiger partial charge in [-0.2, -0.15) is 0 Å². The lowest BCUT2D eigenvalue weighted by molar-refractivity contribution is -0.137. The van der Waals surface area contributed by atoms with Crippen molar-refractivity contribution in [2.24, 2.45) is 5.73 Å². The van der Waals surface area contributed by atoms with E-state index in [-0.39, 0.29) is 13.2 Å². The zero-order valence-corrected chi connectivity index (χ0v) is 9.60. The smallest absolute Gasteiger partial charge is 0.305 e. The Balaban J connectivity index is 2.35. The second-order valence-electron chi connectivity index (χ2n) is 3.96. The summed E-state index contributed by atoms with van der Waals surface area (Å²) >= 11 is 0. The fourth-order valence-electron chi connectivity index (χ4n) is 1.95. The van der Waals surface area contributed by atoms with Crippen molar-refractivity contribution >= 4 is 5.97 Å². The van der Waals surface area contributed by atoms with E-state index < -0.39 is 12.0 Å². The van der Waals surface area contributed by atoms with Gasteiger partial charge in [0.1, 0.15) is 0 Å². The minimum atomic E-state index is -0.905. The molecule has 0 aromatic heterocycles. The third kappa shape index (κ3) is 2.34. The van der Waals surface area contributed by atoms with Crippen LogP contribution in [0.4, 0.5) is 0 Å². The van der Waals surface area contributed by atoms with E-state index in [2.05, 4.69) is 0 Å². The van der Waals surface area contributed by atoms with Gasteiger partial charge in [0.2, 0.25) is 6.79 Å². The van der Waals surface area contributed by atoms with E-state index in [0.717, 1.165) is 17.5 Å². The van der Waals surface area contributed by atoms with Crippen LogP contribution in [0.2, 0.25) is 0 Å². The van der Waals surface area contributed by atoms with Crippen LogP contribution in [0, 0.1) is 0 Å². The predicted molar refractivity (Wildman–Crippen MR) is 61.1 cm³/mol. The van der Waals surface area contributed by atoms with E-state index in [1.165, 1.54) is 0 Å². The first-order chi connectivity index (χ1) is 8.11. The minimum Gasteiger partial charge on any atom is -0.481 e. The van der Waals surface area contributed by atoms with E-state index in [0.29, 0.717) is 11.5 Å². The number of carbonyl (C=O) groups is 1. The first-order valence-electron chi connectivity index (χ1n) is 5.51. The summed E-state index contributed by atoms with van der Waals surface area (Å²) in [5.74, 6) is 0.434. The van der Waals surface area contributed by atoms with E-state index in [1.54, 1.807) is 6.07 Å². The number of benzene rings is 1. The van der Waals surface area contributed by atoms with Gasteiger partial charge >= 0.3 is 5.97 Å². The number of carboxylic acids is 1. The molecule has 1 aromatic carbocycles. The van der Waals surface area contributed by atoms with Crippen LogP contribution in [-0.2, 0) is 11.2 Å². The maximum atomic E-state index is 10.7. The maximum absolute atomic E-state index is 10.7. The molecule has 0 radical (unpaired) electrons. The van der Waals surface area contributed by atoms with E-state index in [9.17, 15) is 4.79 Å². The molecule has 0 bridgehead atoms. The normalized spacial score (nSPS) is 14.7. The van der Waals surface area contributed by atoms with Crippen molar-refractivity contribution in [3.05, 3.63) is 23.3 Å². The van der Waals surface area contributed by atoms with Crippen LogP contribution in [0.15, 0.2) is 12.1 Å². The molecular weight excluding hydrogens is 222 g/mol. The molecule has 1 aliphatic rings. The van der Waals surface area contributed by atoms with Crippen LogP contribution in [0.25, 0.3) is 0 Å². The standard InChI is InChI=1S/C12H15NO4/c1-2-7-3-10-11(17-6-16-10)4-8(7)9(13)5-12(14)15/h3-4,9H,2,5-6,13H2,1H3,(H,14,15). The van der Waals surface area contributed by atoms with Crippen molar-refractivity contribution in [2.45, 2.75) is 25.8 Å². The summed E-state index contributed by atoms with van der Waals surface area (Å²) in [5.41, 5.74) is 7.71. The molecule has 92 valence electrons. The molecule has 17 heavy (non-hydrogen) atoms. The van der Waals surface area contributed by atoms with Gasteiger partial charge < -0.3 is 20.3 Å². The fraction of sp³-hybridized carbons (Fsp3) is 0.417. The monoisotopic (exact) mass is 237 g/mol. The van der Waals surface area contributed by atoms with Crippen molar-refractivity contribution in [3.8, 4) is 11.5 Å². The molecule has 1 aliphatic heterocycles. The SMILES string of the molecule is CCc1cc2c(cc1C(N)CC(=O)O)OCO2. The highest BCUT2D eigenvalue weighted by Gasteiger charge is 2.20. The van der Waals surface area contributed by atoms with Gasteiger partial charge in [-0.15, -0.1) is 0 Å². The van der Waals surface area contributed by atoms with Crippen LogP contribution < -0.4 is 15.2 Å². The Hall–Kier alpha value is -1.75. The summed E-state index contributed by atoms with van der Waals surface area (Å²) in [4.78, 5) is 10.7. The first kappa shape index (κ1) is 11.7. The third-order valence-electron chi connectivity index (χ3n) is 2.81. The number of nitrogens with two attached hydrogens (primary N) is 1. The Morgan fingerprint density at radius 2 is 2.12 bits per heavy atom. The molecule has 2 rings (SSSR count). The molecule has 0 fully saturated rings. The first-order valence-corrected chi connectivity index (χ1v) is 5.51. The topological polar surface area (TPSA) is 81.8 Å². The number of carboxylic acid groups (broad SMARTS) is 1. The lowest BCUT2D eigenvalue weighted by Crippen LogP contribution is -2.16. The highest BCUT2D eigenvalue weighted by Crippen LogP contribution is 2.37. The number of hydrogen-bond donors (Lipinski definition) is 2. The fourth-order valence-corrected chi connectivity index (χ4v) is 1.95. The molecule has 3 N–H and O–H groups in total. The second-order valence-corrected chi connectivity index (χ2v) is 3.96. The number of hydrogen-bond acceptors (Lipinski definition) is 4. The summed E-state index contributed by atoms with van der Waals surface area (Å²) in [5, 5.41) is 8.77. The quantitative estimate of drug-likeness (QED) is 0.828. The van der Waals surface area contributed by atoms with Crippen LogP contribution in [0.5, 0.6) is 11.5 Å². The number of aliphatic carboxylic acids is 1. The Bertz CT molecular complexity index is 444. The average molecular weight is 237 g/mol. The van der Waals surface area contributed by atoms with Gasteiger partial charge in [-0.1, -0.05) is 6.92 Å². The van der Waals surface area contributed by atoms with Gasteiger partial charge in [0.05, 0.1) is 6.42 Å². The van der Waals surface area contributed by atoms with Crippen LogP contribution in [0.1, 0.15) is 30.5 Å². The number of aryl methyl sites for hydroxylation is 1. The number of rotatable bonds is 4. The number of fused-ring (bicyclic) bond motifs is 1. The minimum absolute atomic E-state index is 0.0906. The molecule has 0 aliphatic carbocycles. The Kier molecular flexibility index (Phi) is 3.19. The van der Waals surface area contributed by atoms with Crippen molar-refractivity contribution < 1.29 is 19.4 Å². The lowest BCUT2D eigenvalue weighted by Gasteiger charge is -2.15. The molecule has 5 heteroatoms. The van der Waals surface area contributed by atoms with Crippen molar-refractivity contribution in [3.63, 3.8) is 0 Å². The van der Waals surface area contributed by atoms with Crippen LogP contribution in [0.3, 0.4) is 0 Å². The number of ether oxygens (including phenoxy) is 2. The van der Waals surface area contributed by atoms with Crippen molar-refractivity contribution in [2.75, 3.05) is 6.79 Å². The summed E-state index contributed by atoms with van der Waals surface area (Å²) in [6.07, 6.45) is 0.686. The van der Waals surface area contributed by atoms with E-state index >= 15 is 0 Å². The van der Waals surface area contributed by atoms with Gasteiger partial charge in [0.25, 0.3) is 0 Å². The molecule has 1 atom stereocenters.